The van der Waals surface area contributed by atoms with Gasteiger partial charge in [-0.3, -0.25) is 0 Å². The first-order valence-corrected chi connectivity index (χ1v) is 4.50. The van der Waals surface area contributed by atoms with E-state index in [1.165, 1.54) is 0 Å². The highest BCUT2D eigenvalue weighted by molar-refractivity contribution is 7.12. The Morgan fingerprint density at radius 3 is 2.73 bits per heavy atom. The van der Waals surface area contributed by atoms with E-state index in [-0.39, 0.29) is 5.92 Å². The van der Waals surface area contributed by atoms with Gasteiger partial charge in [0.2, 0.25) is 0 Å². The first kappa shape index (κ1) is 8.58. The molecule has 0 fully saturated rings. The minimum atomic E-state index is -0.0822. The van der Waals surface area contributed by atoms with Crippen LogP contribution in [0, 0.1) is 18.3 Å². The molecule has 0 aliphatic rings. The van der Waals surface area contributed by atoms with Crippen LogP contribution in [0.15, 0.2) is 6.07 Å². The summed E-state index contributed by atoms with van der Waals surface area (Å²) in [7, 11) is 0. The number of hydrogen-bond donors (Lipinski definition) is 0. The van der Waals surface area contributed by atoms with Gasteiger partial charge >= 0.3 is 0 Å². The largest absolute Gasteiger partial charge is 0.198 e. The maximum atomic E-state index is 8.62. The molecule has 0 saturated heterocycles. The molecule has 1 heterocycles. The summed E-state index contributed by atoms with van der Waals surface area (Å²) in [6.07, 6.45) is 0. The molecule has 0 saturated carbocycles. The molecule has 1 aromatic rings. The fourth-order valence-electron chi connectivity index (χ4n) is 0.855. The van der Waals surface area contributed by atoms with Crippen molar-refractivity contribution in [2.75, 3.05) is 0 Å². The van der Waals surface area contributed by atoms with Crippen molar-refractivity contribution in [2.24, 2.45) is 0 Å². The molecule has 0 spiro atoms. The van der Waals surface area contributed by atoms with Gasteiger partial charge in [-0.15, -0.1) is 11.3 Å². The van der Waals surface area contributed by atoms with Crippen molar-refractivity contribution in [1.29, 1.82) is 5.26 Å². The van der Waals surface area contributed by atoms with E-state index >= 15 is 0 Å². The molecule has 0 bridgehead atoms. The van der Waals surface area contributed by atoms with Crippen molar-refractivity contribution >= 4 is 22.9 Å². The molecular formula is C8H8ClNS. The Labute approximate surface area is 75.2 Å². The average molecular weight is 186 g/mol. The maximum Gasteiger partial charge on any atom is 0.0793 e. The lowest BCUT2D eigenvalue weighted by Crippen LogP contribution is -1.83. The molecule has 3 heteroatoms. The van der Waals surface area contributed by atoms with Gasteiger partial charge in [0, 0.05) is 9.75 Å². The molecule has 1 atom stereocenters. The van der Waals surface area contributed by atoms with Gasteiger partial charge in [0.1, 0.15) is 0 Å². The predicted octanol–water partition coefficient (Wildman–Crippen LogP) is 3.34. The van der Waals surface area contributed by atoms with Gasteiger partial charge in [-0.25, -0.2) is 0 Å². The Morgan fingerprint density at radius 2 is 2.36 bits per heavy atom. The molecule has 1 nitrogen and oxygen atoms in total. The van der Waals surface area contributed by atoms with Crippen LogP contribution in [-0.2, 0) is 0 Å². The van der Waals surface area contributed by atoms with Crippen LogP contribution in [0.3, 0.4) is 0 Å². The lowest BCUT2D eigenvalue weighted by atomic mass is 10.2. The van der Waals surface area contributed by atoms with E-state index in [0.29, 0.717) is 0 Å². The summed E-state index contributed by atoms with van der Waals surface area (Å²) >= 11 is 7.47. The van der Waals surface area contributed by atoms with Crippen molar-refractivity contribution in [3.63, 3.8) is 0 Å². The van der Waals surface area contributed by atoms with Gasteiger partial charge in [0.05, 0.1) is 17.0 Å². The molecule has 11 heavy (non-hydrogen) atoms. The second-order valence-corrected chi connectivity index (χ2v) is 4.12. The molecule has 0 radical (unpaired) electrons. The van der Waals surface area contributed by atoms with E-state index in [1.807, 2.05) is 19.9 Å². The SMILES string of the molecule is Cc1cc(Cl)c(C(C)C#N)s1. The molecule has 0 N–H and O–H groups in total. The normalized spacial score (nSPS) is 12.5. The van der Waals surface area contributed by atoms with Crippen LogP contribution in [0.25, 0.3) is 0 Å². The van der Waals surface area contributed by atoms with Crippen molar-refractivity contribution in [2.45, 2.75) is 19.8 Å². The smallest absolute Gasteiger partial charge is 0.0793 e. The summed E-state index contributed by atoms with van der Waals surface area (Å²) in [4.78, 5) is 2.14. The van der Waals surface area contributed by atoms with Crippen LogP contribution >= 0.6 is 22.9 Å². The molecule has 58 valence electrons. The van der Waals surface area contributed by atoms with Crippen LogP contribution in [-0.4, -0.2) is 0 Å². The third-order valence-electron chi connectivity index (χ3n) is 1.42. The van der Waals surface area contributed by atoms with Gasteiger partial charge in [-0.1, -0.05) is 11.6 Å². The van der Waals surface area contributed by atoms with Crippen LogP contribution < -0.4 is 0 Å². The van der Waals surface area contributed by atoms with Gasteiger partial charge in [0.25, 0.3) is 0 Å². The fraction of sp³-hybridized carbons (Fsp3) is 0.375. The predicted molar refractivity (Wildman–Crippen MR) is 48.1 cm³/mol. The van der Waals surface area contributed by atoms with Crippen LogP contribution in [0.2, 0.25) is 5.02 Å². The standard InChI is InChI=1S/C8H8ClNS/c1-5(4-10)8-7(9)3-6(2)11-8/h3,5H,1-2H3. The number of nitrogens with zero attached hydrogens (tertiary/aromatic N) is 1. The van der Waals surface area contributed by atoms with E-state index < -0.39 is 0 Å². The third-order valence-corrected chi connectivity index (χ3v) is 3.08. The molecule has 0 aliphatic carbocycles. The van der Waals surface area contributed by atoms with E-state index in [9.17, 15) is 0 Å². The highest BCUT2D eigenvalue weighted by Crippen LogP contribution is 2.32. The number of nitriles is 1. The summed E-state index contributed by atoms with van der Waals surface area (Å²) in [6.45, 7) is 3.85. The molecule has 0 aliphatic heterocycles. The van der Waals surface area contributed by atoms with Crippen LogP contribution in [0.5, 0.6) is 0 Å². The zero-order valence-electron chi connectivity index (χ0n) is 6.39. The average Bonchev–Trinajstić information content (AvgIpc) is 2.28. The van der Waals surface area contributed by atoms with E-state index in [1.54, 1.807) is 11.3 Å². The molecule has 1 unspecified atom stereocenters. The second kappa shape index (κ2) is 3.25. The molecule has 1 rings (SSSR count). The van der Waals surface area contributed by atoms with Crippen molar-refractivity contribution in [3.8, 4) is 6.07 Å². The van der Waals surface area contributed by atoms with Crippen molar-refractivity contribution in [3.05, 3.63) is 20.8 Å². The Bertz CT molecular complexity index is 298. The number of hydrogen-bond acceptors (Lipinski definition) is 2. The van der Waals surface area contributed by atoms with Gasteiger partial charge < -0.3 is 0 Å². The monoisotopic (exact) mass is 185 g/mol. The summed E-state index contributed by atoms with van der Waals surface area (Å²) in [5, 5.41) is 9.34. The van der Waals surface area contributed by atoms with Crippen molar-refractivity contribution < 1.29 is 0 Å². The number of aryl methyl sites for hydroxylation is 1. The Kier molecular flexibility index (Phi) is 2.53. The van der Waals surface area contributed by atoms with E-state index in [0.717, 1.165) is 14.8 Å². The number of thiophene rings is 1. The topological polar surface area (TPSA) is 23.8 Å². The maximum absolute atomic E-state index is 8.62. The minimum absolute atomic E-state index is 0.0822. The Balaban J connectivity index is 3.05. The summed E-state index contributed by atoms with van der Waals surface area (Å²) in [5.41, 5.74) is 0. The first-order chi connectivity index (χ1) is 5.15. The van der Waals surface area contributed by atoms with Gasteiger partial charge in [0.15, 0.2) is 0 Å². The summed E-state index contributed by atoms with van der Waals surface area (Å²) < 4.78 is 0. The number of rotatable bonds is 1. The molecule has 0 amide bonds. The van der Waals surface area contributed by atoms with E-state index in [4.69, 9.17) is 16.9 Å². The Hall–Kier alpha value is -0.520. The quantitative estimate of drug-likeness (QED) is 0.659. The van der Waals surface area contributed by atoms with Crippen molar-refractivity contribution in [1.82, 2.24) is 0 Å². The van der Waals surface area contributed by atoms with Gasteiger partial charge in [-0.2, -0.15) is 5.26 Å². The number of halogens is 1. The van der Waals surface area contributed by atoms with Gasteiger partial charge in [-0.05, 0) is 19.9 Å². The Morgan fingerprint density at radius 1 is 1.73 bits per heavy atom. The first-order valence-electron chi connectivity index (χ1n) is 3.30. The molecular weight excluding hydrogens is 178 g/mol. The van der Waals surface area contributed by atoms with Crippen LogP contribution in [0.4, 0.5) is 0 Å². The third kappa shape index (κ3) is 1.74. The molecule has 0 aromatic carbocycles. The van der Waals surface area contributed by atoms with Crippen LogP contribution in [0.1, 0.15) is 22.6 Å². The minimum Gasteiger partial charge on any atom is -0.198 e. The second-order valence-electron chi connectivity index (χ2n) is 2.42. The lowest BCUT2D eigenvalue weighted by molar-refractivity contribution is 1.01. The fourth-order valence-corrected chi connectivity index (χ4v) is 2.27. The summed E-state index contributed by atoms with van der Waals surface area (Å²) in [5.74, 6) is -0.0822. The summed E-state index contributed by atoms with van der Waals surface area (Å²) in [6, 6.07) is 4.06. The highest BCUT2D eigenvalue weighted by Gasteiger charge is 2.11. The lowest BCUT2D eigenvalue weighted by Gasteiger charge is -1.96. The molecule has 1 aromatic heterocycles. The van der Waals surface area contributed by atoms with E-state index in [2.05, 4.69) is 6.07 Å². The highest BCUT2D eigenvalue weighted by atomic mass is 35.5. The zero-order chi connectivity index (χ0) is 8.43. The zero-order valence-corrected chi connectivity index (χ0v) is 7.96.